The highest BCUT2D eigenvalue weighted by Gasteiger charge is 2.22. The largest absolute Gasteiger partial charge is 0.389 e. The Hall–Kier alpha value is -1.38. The molecular formula is C15H20O2. The third kappa shape index (κ3) is 4.17. The third-order valence-electron chi connectivity index (χ3n) is 2.97. The van der Waals surface area contributed by atoms with E-state index in [0.29, 0.717) is 6.42 Å². The van der Waals surface area contributed by atoms with Crippen molar-refractivity contribution in [3.63, 3.8) is 0 Å². The van der Waals surface area contributed by atoms with Crippen LogP contribution >= 0.6 is 0 Å². The maximum Gasteiger partial charge on any atom is 0.0774 e. The first-order chi connectivity index (χ1) is 8.19. The molecule has 0 aliphatic heterocycles. The van der Waals surface area contributed by atoms with E-state index in [1.54, 1.807) is 0 Å². The van der Waals surface area contributed by atoms with Crippen LogP contribution in [0.15, 0.2) is 55.6 Å². The Bertz CT molecular complexity index is 331. The standard InChI is InChI=1S/C15H20O2/c1-3-14(16)13(15(17)4-2)11-10-12-8-6-5-7-9-12/h3-9,13-17H,1-2,10-11H2/t13?,14-,15+. The average Bonchev–Trinajstić information content (AvgIpc) is 2.39. The second kappa shape index (κ2) is 7.05. The highest BCUT2D eigenvalue weighted by atomic mass is 16.3. The van der Waals surface area contributed by atoms with Gasteiger partial charge in [0, 0.05) is 5.92 Å². The lowest BCUT2D eigenvalue weighted by Crippen LogP contribution is -2.29. The number of hydrogen-bond acceptors (Lipinski definition) is 2. The summed E-state index contributed by atoms with van der Waals surface area (Å²) in [6.45, 7) is 7.12. The highest BCUT2D eigenvalue weighted by Crippen LogP contribution is 2.19. The molecule has 2 N–H and O–H groups in total. The van der Waals surface area contributed by atoms with E-state index in [1.165, 1.54) is 17.7 Å². The van der Waals surface area contributed by atoms with E-state index in [1.807, 2.05) is 30.3 Å². The smallest absolute Gasteiger partial charge is 0.0774 e. The molecule has 1 unspecified atom stereocenters. The molecule has 0 aromatic heterocycles. The summed E-state index contributed by atoms with van der Waals surface area (Å²) < 4.78 is 0. The van der Waals surface area contributed by atoms with Crippen molar-refractivity contribution >= 4 is 0 Å². The molecule has 2 nitrogen and oxygen atoms in total. The molecule has 0 radical (unpaired) electrons. The minimum atomic E-state index is -0.702. The topological polar surface area (TPSA) is 40.5 Å². The van der Waals surface area contributed by atoms with Gasteiger partial charge in [0.1, 0.15) is 0 Å². The summed E-state index contributed by atoms with van der Waals surface area (Å²) >= 11 is 0. The van der Waals surface area contributed by atoms with E-state index in [-0.39, 0.29) is 5.92 Å². The van der Waals surface area contributed by atoms with Crippen LogP contribution in [-0.2, 0) is 6.42 Å². The number of aryl methyl sites for hydroxylation is 1. The van der Waals surface area contributed by atoms with E-state index in [0.717, 1.165) is 6.42 Å². The van der Waals surface area contributed by atoms with E-state index in [4.69, 9.17) is 0 Å². The van der Waals surface area contributed by atoms with E-state index in [2.05, 4.69) is 13.2 Å². The van der Waals surface area contributed by atoms with Gasteiger partial charge in [-0.25, -0.2) is 0 Å². The molecule has 0 heterocycles. The number of hydrogen-bond donors (Lipinski definition) is 2. The first-order valence-corrected chi connectivity index (χ1v) is 5.84. The van der Waals surface area contributed by atoms with Crippen molar-refractivity contribution < 1.29 is 10.2 Å². The maximum atomic E-state index is 9.77. The van der Waals surface area contributed by atoms with Gasteiger partial charge >= 0.3 is 0 Å². The SMILES string of the molecule is C=C[C@@H](O)C(CCc1ccccc1)[C@@H](O)C=C. The second-order valence-electron chi connectivity index (χ2n) is 4.14. The van der Waals surface area contributed by atoms with Gasteiger partial charge in [-0.05, 0) is 18.4 Å². The molecule has 17 heavy (non-hydrogen) atoms. The molecule has 3 atom stereocenters. The molecule has 0 spiro atoms. The van der Waals surface area contributed by atoms with E-state index >= 15 is 0 Å². The summed E-state index contributed by atoms with van der Waals surface area (Å²) in [7, 11) is 0. The fourth-order valence-corrected chi connectivity index (χ4v) is 1.87. The van der Waals surface area contributed by atoms with Crippen LogP contribution in [-0.4, -0.2) is 22.4 Å². The van der Waals surface area contributed by atoms with Crippen LogP contribution in [0.25, 0.3) is 0 Å². The molecule has 0 aliphatic carbocycles. The molecule has 0 aliphatic rings. The first kappa shape index (κ1) is 13.7. The third-order valence-corrected chi connectivity index (χ3v) is 2.97. The molecule has 1 aromatic carbocycles. The number of aliphatic hydroxyl groups excluding tert-OH is 2. The van der Waals surface area contributed by atoms with Gasteiger partial charge in [0.15, 0.2) is 0 Å². The second-order valence-corrected chi connectivity index (χ2v) is 4.14. The Labute approximate surface area is 103 Å². The summed E-state index contributed by atoms with van der Waals surface area (Å²) in [5, 5.41) is 19.5. The van der Waals surface area contributed by atoms with Crippen LogP contribution in [0.4, 0.5) is 0 Å². The quantitative estimate of drug-likeness (QED) is 0.708. The summed E-state index contributed by atoms with van der Waals surface area (Å²) in [6, 6.07) is 10.0. The fraction of sp³-hybridized carbons (Fsp3) is 0.333. The van der Waals surface area contributed by atoms with E-state index < -0.39 is 12.2 Å². The van der Waals surface area contributed by atoms with Gasteiger partial charge in [-0.1, -0.05) is 42.5 Å². The van der Waals surface area contributed by atoms with Crippen LogP contribution in [0.3, 0.4) is 0 Å². The van der Waals surface area contributed by atoms with Gasteiger partial charge in [-0.2, -0.15) is 0 Å². The molecule has 1 aromatic rings. The number of aliphatic hydroxyl groups is 2. The predicted octanol–water partition coefficient (Wildman–Crippen LogP) is 2.33. The highest BCUT2D eigenvalue weighted by molar-refractivity contribution is 5.15. The fourth-order valence-electron chi connectivity index (χ4n) is 1.87. The maximum absolute atomic E-state index is 9.77. The minimum absolute atomic E-state index is 0.245. The van der Waals surface area contributed by atoms with Crippen molar-refractivity contribution in [1.82, 2.24) is 0 Å². The monoisotopic (exact) mass is 232 g/mol. The van der Waals surface area contributed by atoms with E-state index in [9.17, 15) is 10.2 Å². The summed E-state index contributed by atoms with van der Waals surface area (Å²) in [5.74, 6) is -0.245. The van der Waals surface area contributed by atoms with Gasteiger partial charge in [0.25, 0.3) is 0 Å². The predicted molar refractivity (Wildman–Crippen MR) is 70.7 cm³/mol. The molecule has 92 valence electrons. The van der Waals surface area contributed by atoms with Gasteiger partial charge in [-0.15, -0.1) is 13.2 Å². The van der Waals surface area contributed by atoms with Gasteiger partial charge in [0.05, 0.1) is 12.2 Å². The van der Waals surface area contributed by atoms with Gasteiger partial charge < -0.3 is 10.2 Å². The molecule has 0 saturated heterocycles. The zero-order valence-corrected chi connectivity index (χ0v) is 10.00. The summed E-state index contributed by atoms with van der Waals surface area (Å²) in [5.41, 5.74) is 1.20. The zero-order chi connectivity index (χ0) is 12.7. The Kier molecular flexibility index (Phi) is 5.67. The molecule has 0 bridgehead atoms. The molecule has 1 rings (SSSR count). The minimum Gasteiger partial charge on any atom is -0.389 e. The lowest BCUT2D eigenvalue weighted by Gasteiger charge is -2.23. The summed E-state index contributed by atoms with van der Waals surface area (Å²) in [4.78, 5) is 0. The van der Waals surface area contributed by atoms with Crippen LogP contribution in [0, 0.1) is 5.92 Å². The Morgan fingerprint density at radius 2 is 1.53 bits per heavy atom. The van der Waals surface area contributed by atoms with Gasteiger partial charge in [-0.3, -0.25) is 0 Å². The lowest BCUT2D eigenvalue weighted by atomic mass is 9.89. The zero-order valence-electron chi connectivity index (χ0n) is 10.00. The van der Waals surface area contributed by atoms with Crippen LogP contribution in [0.1, 0.15) is 12.0 Å². The molecular weight excluding hydrogens is 212 g/mol. The summed E-state index contributed by atoms with van der Waals surface area (Å²) in [6.07, 6.45) is 3.04. The van der Waals surface area contributed by atoms with Crippen LogP contribution in [0.5, 0.6) is 0 Å². The molecule has 0 fully saturated rings. The van der Waals surface area contributed by atoms with Crippen LogP contribution < -0.4 is 0 Å². The Morgan fingerprint density at radius 3 is 2.00 bits per heavy atom. The normalized spacial score (nSPS) is 15.9. The average molecular weight is 232 g/mol. The Balaban J connectivity index is 2.61. The molecule has 0 amide bonds. The Morgan fingerprint density at radius 1 is 1.00 bits per heavy atom. The van der Waals surface area contributed by atoms with Crippen molar-refractivity contribution in [2.75, 3.05) is 0 Å². The van der Waals surface area contributed by atoms with Gasteiger partial charge in [0.2, 0.25) is 0 Å². The van der Waals surface area contributed by atoms with Crippen molar-refractivity contribution in [3.8, 4) is 0 Å². The van der Waals surface area contributed by atoms with Crippen molar-refractivity contribution in [2.24, 2.45) is 5.92 Å². The lowest BCUT2D eigenvalue weighted by molar-refractivity contribution is 0.0575. The van der Waals surface area contributed by atoms with Crippen molar-refractivity contribution in [3.05, 3.63) is 61.2 Å². The number of rotatable bonds is 7. The van der Waals surface area contributed by atoms with Crippen LogP contribution in [0.2, 0.25) is 0 Å². The molecule has 2 heteroatoms. The van der Waals surface area contributed by atoms with Crippen molar-refractivity contribution in [1.29, 1.82) is 0 Å². The molecule has 0 saturated carbocycles. The first-order valence-electron chi connectivity index (χ1n) is 5.84. The number of benzene rings is 1. The van der Waals surface area contributed by atoms with Crippen molar-refractivity contribution in [2.45, 2.75) is 25.0 Å².